The van der Waals surface area contributed by atoms with E-state index in [2.05, 4.69) is 47.9 Å². The van der Waals surface area contributed by atoms with E-state index in [1.54, 1.807) is 0 Å². The fourth-order valence-corrected chi connectivity index (χ4v) is 5.50. The summed E-state index contributed by atoms with van der Waals surface area (Å²) in [6.45, 7) is 10.1. The Labute approximate surface area is 181 Å². The molecular formula is C25H37N3O2. The predicted molar refractivity (Wildman–Crippen MR) is 119 cm³/mol. The Bertz CT molecular complexity index is 745. The standard InChI is InChI=1S/C25H37N3O2/c1-19(2)21-8-6-20(7-9-21)17-26-16-12-23-22(18-26)10-11-25(30)28(23)15-4-14-27-13-3-5-24(27)29/h6-9,19,22-23H,3-5,10-18H2,1-2H3/t22-,23+/m1/s1. The van der Waals surface area contributed by atoms with Crippen LogP contribution in [0, 0.1) is 5.92 Å². The van der Waals surface area contributed by atoms with Crippen molar-refractivity contribution in [2.24, 2.45) is 5.92 Å². The maximum absolute atomic E-state index is 12.6. The van der Waals surface area contributed by atoms with Gasteiger partial charge in [0, 0.05) is 58.2 Å². The molecule has 1 aromatic rings. The van der Waals surface area contributed by atoms with Crippen LogP contribution >= 0.6 is 0 Å². The molecule has 0 unspecified atom stereocenters. The molecule has 5 heteroatoms. The van der Waals surface area contributed by atoms with Crippen molar-refractivity contribution in [1.29, 1.82) is 0 Å². The number of hydrogen-bond acceptors (Lipinski definition) is 3. The Kier molecular flexibility index (Phi) is 6.77. The van der Waals surface area contributed by atoms with Gasteiger partial charge in [-0.2, -0.15) is 0 Å². The molecule has 2 amide bonds. The van der Waals surface area contributed by atoms with E-state index in [1.807, 2.05) is 4.90 Å². The average molecular weight is 412 g/mol. The molecule has 3 saturated heterocycles. The van der Waals surface area contributed by atoms with E-state index in [4.69, 9.17) is 0 Å². The van der Waals surface area contributed by atoms with Crippen molar-refractivity contribution in [2.75, 3.05) is 32.7 Å². The second kappa shape index (κ2) is 9.51. The molecule has 164 valence electrons. The van der Waals surface area contributed by atoms with Crippen molar-refractivity contribution in [2.45, 2.75) is 70.9 Å². The van der Waals surface area contributed by atoms with Gasteiger partial charge in [0.2, 0.25) is 11.8 Å². The predicted octanol–water partition coefficient (Wildman–Crippen LogP) is 3.64. The highest BCUT2D eigenvalue weighted by molar-refractivity contribution is 5.78. The van der Waals surface area contributed by atoms with Gasteiger partial charge in [-0.1, -0.05) is 38.1 Å². The summed E-state index contributed by atoms with van der Waals surface area (Å²) in [6, 6.07) is 9.47. The second-order valence-electron chi connectivity index (χ2n) is 9.71. The fraction of sp³-hybridized carbons (Fsp3) is 0.680. The van der Waals surface area contributed by atoms with Crippen molar-refractivity contribution in [3.05, 3.63) is 35.4 Å². The molecule has 0 bridgehead atoms. The van der Waals surface area contributed by atoms with Crippen molar-refractivity contribution < 1.29 is 9.59 Å². The molecule has 0 N–H and O–H groups in total. The quantitative estimate of drug-likeness (QED) is 0.688. The summed E-state index contributed by atoms with van der Waals surface area (Å²) < 4.78 is 0. The maximum atomic E-state index is 12.6. The van der Waals surface area contributed by atoms with Gasteiger partial charge in [-0.25, -0.2) is 0 Å². The van der Waals surface area contributed by atoms with E-state index in [-0.39, 0.29) is 5.91 Å². The van der Waals surface area contributed by atoms with Crippen LogP contribution in [0.15, 0.2) is 24.3 Å². The third kappa shape index (κ3) is 4.88. The molecule has 0 aliphatic carbocycles. The Morgan fingerprint density at radius 3 is 2.47 bits per heavy atom. The number of fused-ring (bicyclic) bond motifs is 1. The maximum Gasteiger partial charge on any atom is 0.222 e. The minimum absolute atomic E-state index is 0.285. The zero-order valence-electron chi connectivity index (χ0n) is 18.7. The summed E-state index contributed by atoms with van der Waals surface area (Å²) in [5, 5.41) is 0. The molecule has 0 saturated carbocycles. The highest BCUT2D eigenvalue weighted by atomic mass is 16.2. The van der Waals surface area contributed by atoms with Crippen LogP contribution in [0.4, 0.5) is 0 Å². The fourth-order valence-electron chi connectivity index (χ4n) is 5.50. The van der Waals surface area contributed by atoms with Crippen LogP contribution in [0.2, 0.25) is 0 Å². The molecule has 1 aromatic carbocycles. The third-order valence-corrected chi connectivity index (χ3v) is 7.28. The number of benzene rings is 1. The molecule has 30 heavy (non-hydrogen) atoms. The number of nitrogens with zero attached hydrogens (tertiary/aromatic N) is 3. The summed E-state index contributed by atoms with van der Waals surface area (Å²) in [4.78, 5) is 31.2. The first-order chi connectivity index (χ1) is 14.5. The molecule has 3 aliphatic heterocycles. The van der Waals surface area contributed by atoms with Crippen LogP contribution in [0.25, 0.3) is 0 Å². The summed E-state index contributed by atoms with van der Waals surface area (Å²) in [6.07, 6.45) is 5.37. The first-order valence-electron chi connectivity index (χ1n) is 11.9. The lowest BCUT2D eigenvalue weighted by molar-refractivity contribution is -0.141. The summed E-state index contributed by atoms with van der Waals surface area (Å²) >= 11 is 0. The Balaban J connectivity index is 1.29. The minimum atomic E-state index is 0.285. The smallest absolute Gasteiger partial charge is 0.222 e. The van der Waals surface area contributed by atoms with Crippen LogP contribution in [0.5, 0.6) is 0 Å². The number of amides is 2. The van der Waals surface area contributed by atoms with Gasteiger partial charge in [0.15, 0.2) is 0 Å². The number of carbonyl (C=O) groups is 2. The zero-order valence-corrected chi connectivity index (χ0v) is 18.7. The van der Waals surface area contributed by atoms with E-state index in [9.17, 15) is 9.59 Å². The third-order valence-electron chi connectivity index (χ3n) is 7.28. The molecular weight excluding hydrogens is 374 g/mol. The van der Waals surface area contributed by atoms with Gasteiger partial charge in [0.25, 0.3) is 0 Å². The van der Waals surface area contributed by atoms with Crippen LogP contribution in [0.3, 0.4) is 0 Å². The van der Waals surface area contributed by atoms with Gasteiger partial charge in [-0.15, -0.1) is 0 Å². The molecule has 3 aliphatic rings. The Morgan fingerprint density at radius 2 is 1.77 bits per heavy atom. The van der Waals surface area contributed by atoms with Crippen molar-refractivity contribution in [3.63, 3.8) is 0 Å². The lowest BCUT2D eigenvalue weighted by Gasteiger charge is -2.47. The number of likely N-dealkylation sites (tertiary alicyclic amines) is 3. The van der Waals surface area contributed by atoms with Crippen LogP contribution in [0.1, 0.15) is 69.4 Å². The molecule has 4 rings (SSSR count). The number of carbonyl (C=O) groups excluding carboxylic acids is 2. The summed E-state index contributed by atoms with van der Waals surface area (Å²) in [7, 11) is 0. The Morgan fingerprint density at radius 1 is 0.967 bits per heavy atom. The molecule has 0 radical (unpaired) electrons. The van der Waals surface area contributed by atoms with Gasteiger partial charge in [-0.3, -0.25) is 14.5 Å². The number of rotatable bonds is 7. The van der Waals surface area contributed by atoms with Crippen molar-refractivity contribution >= 4 is 11.8 Å². The molecule has 3 heterocycles. The number of hydrogen-bond donors (Lipinski definition) is 0. The van der Waals surface area contributed by atoms with Crippen molar-refractivity contribution in [3.8, 4) is 0 Å². The lowest BCUT2D eigenvalue weighted by atomic mass is 9.83. The van der Waals surface area contributed by atoms with Gasteiger partial charge in [-0.05, 0) is 48.6 Å². The molecule has 5 nitrogen and oxygen atoms in total. The van der Waals surface area contributed by atoms with Gasteiger partial charge in [0.05, 0.1) is 0 Å². The van der Waals surface area contributed by atoms with Crippen LogP contribution in [-0.4, -0.2) is 65.3 Å². The van der Waals surface area contributed by atoms with Crippen LogP contribution in [-0.2, 0) is 16.1 Å². The second-order valence-corrected chi connectivity index (χ2v) is 9.71. The van der Waals surface area contributed by atoms with E-state index < -0.39 is 0 Å². The van der Waals surface area contributed by atoms with Gasteiger partial charge < -0.3 is 9.80 Å². The van der Waals surface area contributed by atoms with Gasteiger partial charge in [0.1, 0.15) is 0 Å². The molecule has 2 atom stereocenters. The van der Waals surface area contributed by atoms with E-state index in [1.165, 1.54) is 11.1 Å². The van der Waals surface area contributed by atoms with E-state index in [0.717, 1.165) is 65.0 Å². The highest BCUT2D eigenvalue weighted by Gasteiger charge is 2.39. The number of piperidine rings is 2. The Hall–Kier alpha value is -1.88. The highest BCUT2D eigenvalue weighted by Crippen LogP contribution is 2.32. The normalized spacial score (nSPS) is 25.3. The summed E-state index contributed by atoms with van der Waals surface area (Å²) in [5.41, 5.74) is 2.78. The first kappa shape index (κ1) is 21.4. The largest absolute Gasteiger partial charge is 0.343 e. The summed E-state index contributed by atoms with van der Waals surface area (Å²) in [5.74, 6) is 1.76. The molecule has 0 spiro atoms. The van der Waals surface area contributed by atoms with E-state index in [0.29, 0.717) is 36.6 Å². The molecule has 3 fully saturated rings. The van der Waals surface area contributed by atoms with Crippen molar-refractivity contribution in [1.82, 2.24) is 14.7 Å². The minimum Gasteiger partial charge on any atom is -0.343 e. The lowest BCUT2D eigenvalue weighted by Crippen LogP contribution is -2.56. The van der Waals surface area contributed by atoms with Gasteiger partial charge >= 0.3 is 0 Å². The SMILES string of the molecule is CC(C)c1ccc(CN2CC[C@H]3[C@H](CCC(=O)N3CCCN3CCCC3=O)C2)cc1. The van der Waals surface area contributed by atoms with E-state index >= 15 is 0 Å². The molecule has 0 aromatic heterocycles. The average Bonchev–Trinajstić information content (AvgIpc) is 3.15. The zero-order chi connectivity index (χ0) is 21.1. The first-order valence-corrected chi connectivity index (χ1v) is 11.9. The van der Waals surface area contributed by atoms with Crippen LogP contribution < -0.4 is 0 Å². The topological polar surface area (TPSA) is 43.9 Å². The monoisotopic (exact) mass is 411 g/mol.